The third-order valence-corrected chi connectivity index (χ3v) is 3.31. The lowest BCUT2D eigenvalue weighted by Crippen LogP contribution is -2.10. The molecule has 23 heavy (non-hydrogen) atoms. The minimum Gasteiger partial charge on any atom is -0.454 e. The van der Waals surface area contributed by atoms with Gasteiger partial charge in [-0.3, -0.25) is 4.79 Å². The van der Waals surface area contributed by atoms with E-state index < -0.39 is 11.7 Å². The lowest BCUT2D eigenvalue weighted by Gasteiger charge is -2.19. The fourth-order valence-electron chi connectivity index (χ4n) is 2.01. The predicted octanol–water partition coefficient (Wildman–Crippen LogP) is 5.04. The average molecular weight is 313 g/mol. The van der Waals surface area contributed by atoms with Crippen LogP contribution in [0, 0.1) is 5.82 Å². The minimum atomic E-state index is -0.548. The Hall–Kier alpha value is -2.62. The Kier molecular flexibility index (Phi) is 4.84. The van der Waals surface area contributed by atoms with Gasteiger partial charge in [-0.05, 0) is 41.3 Å². The summed E-state index contributed by atoms with van der Waals surface area (Å²) in [7, 11) is 0. The predicted molar refractivity (Wildman–Crippen MR) is 90.4 cm³/mol. The number of benzene rings is 2. The highest BCUT2D eigenvalue weighted by Gasteiger charge is 2.15. The van der Waals surface area contributed by atoms with Crippen molar-refractivity contribution in [2.75, 3.05) is 5.32 Å². The van der Waals surface area contributed by atoms with Crippen molar-refractivity contribution in [3.63, 3.8) is 0 Å². The number of ether oxygens (including phenoxy) is 1. The molecular formula is C19H20FNO2. The second-order valence-electron chi connectivity index (χ2n) is 6.22. The van der Waals surface area contributed by atoms with Gasteiger partial charge in [0.05, 0.1) is 0 Å². The van der Waals surface area contributed by atoms with Crippen LogP contribution in [0.3, 0.4) is 0 Å². The zero-order chi connectivity index (χ0) is 17.0. The van der Waals surface area contributed by atoms with Crippen LogP contribution in [0.1, 0.15) is 26.3 Å². The fraction of sp³-hybridized carbons (Fsp3) is 0.211. The summed E-state index contributed by atoms with van der Waals surface area (Å²) in [6.07, 6.45) is 1.13. The second-order valence-corrected chi connectivity index (χ2v) is 6.22. The molecule has 0 bridgehead atoms. The SMILES string of the molecule is C=CC(=O)Nc1ccc(Oc2cccc(C(C)(C)C)c2)c(F)c1. The molecule has 0 saturated heterocycles. The molecule has 2 aromatic rings. The number of hydrogen-bond donors (Lipinski definition) is 1. The van der Waals surface area contributed by atoms with Crippen molar-refractivity contribution in [2.24, 2.45) is 0 Å². The Morgan fingerprint density at radius 3 is 2.57 bits per heavy atom. The highest BCUT2D eigenvalue weighted by molar-refractivity contribution is 5.98. The van der Waals surface area contributed by atoms with E-state index in [2.05, 4.69) is 32.7 Å². The lowest BCUT2D eigenvalue weighted by atomic mass is 9.87. The van der Waals surface area contributed by atoms with Gasteiger partial charge in [-0.1, -0.05) is 39.5 Å². The van der Waals surface area contributed by atoms with E-state index in [-0.39, 0.29) is 11.2 Å². The molecule has 0 aromatic heterocycles. The highest BCUT2D eigenvalue weighted by Crippen LogP contribution is 2.30. The molecule has 0 aliphatic rings. The van der Waals surface area contributed by atoms with Crippen LogP contribution in [0.25, 0.3) is 0 Å². The quantitative estimate of drug-likeness (QED) is 0.803. The Bertz CT molecular complexity index is 732. The first kappa shape index (κ1) is 16.7. The highest BCUT2D eigenvalue weighted by atomic mass is 19.1. The normalized spacial score (nSPS) is 11.0. The smallest absolute Gasteiger partial charge is 0.247 e. The zero-order valence-electron chi connectivity index (χ0n) is 13.5. The van der Waals surface area contributed by atoms with Crippen molar-refractivity contribution in [1.82, 2.24) is 0 Å². The van der Waals surface area contributed by atoms with Crippen molar-refractivity contribution < 1.29 is 13.9 Å². The maximum atomic E-state index is 14.1. The summed E-state index contributed by atoms with van der Waals surface area (Å²) in [6, 6.07) is 11.8. The largest absolute Gasteiger partial charge is 0.454 e. The van der Waals surface area contributed by atoms with E-state index >= 15 is 0 Å². The number of anilines is 1. The van der Waals surface area contributed by atoms with Gasteiger partial charge in [-0.2, -0.15) is 0 Å². The van der Waals surface area contributed by atoms with Crippen LogP contribution in [-0.2, 0) is 10.2 Å². The number of carbonyl (C=O) groups excluding carboxylic acids is 1. The van der Waals surface area contributed by atoms with Gasteiger partial charge in [-0.25, -0.2) is 4.39 Å². The number of rotatable bonds is 4. The van der Waals surface area contributed by atoms with E-state index in [1.165, 1.54) is 12.1 Å². The molecule has 4 heteroatoms. The van der Waals surface area contributed by atoms with Gasteiger partial charge in [0.2, 0.25) is 5.91 Å². The van der Waals surface area contributed by atoms with Crippen molar-refractivity contribution in [3.05, 3.63) is 66.5 Å². The number of hydrogen-bond acceptors (Lipinski definition) is 2. The summed E-state index contributed by atoms with van der Waals surface area (Å²) in [5.41, 5.74) is 1.44. The van der Waals surface area contributed by atoms with Crippen LogP contribution in [0.5, 0.6) is 11.5 Å². The Morgan fingerprint density at radius 1 is 1.22 bits per heavy atom. The van der Waals surface area contributed by atoms with E-state index in [0.29, 0.717) is 11.4 Å². The van der Waals surface area contributed by atoms with Crippen LogP contribution in [0.15, 0.2) is 55.1 Å². The second kappa shape index (κ2) is 6.65. The molecule has 3 nitrogen and oxygen atoms in total. The summed E-state index contributed by atoms with van der Waals surface area (Å²) >= 11 is 0. The van der Waals surface area contributed by atoms with Gasteiger partial charge in [0, 0.05) is 11.8 Å². The molecule has 0 atom stereocenters. The van der Waals surface area contributed by atoms with Gasteiger partial charge in [0.15, 0.2) is 11.6 Å². The van der Waals surface area contributed by atoms with E-state index in [4.69, 9.17) is 4.74 Å². The van der Waals surface area contributed by atoms with E-state index in [1.54, 1.807) is 12.1 Å². The molecule has 0 aliphatic heterocycles. The molecule has 0 unspecified atom stereocenters. The van der Waals surface area contributed by atoms with Crippen LogP contribution < -0.4 is 10.1 Å². The molecule has 0 heterocycles. The van der Waals surface area contributed by atoms with Crippen molar-refractivity contribution in [2.45, 2.75) is 26.2 Å². The molecule has 0 aliphatic carbocycles. The Labute approximate surface area is 135 Å². The molecule has 120 valence electrons. The lowest BCUT2D eigenvalue weighted by molar-refractivity contribution is -0.111. The van der Waals surface area contributed by atoms with E-state index in [0.717, 1.165) is 11.6 Å². The Morgan fingerprint density at radius 2 is 1.96 bits per heavy atom. The topological polar surface area (TPSA) is 38.3 Å². The monoisotopic (exact) mass is 313 g/mol. The third kappa shape index (κ3) is 4.42. The van der Waals surface area contributed by atoms with Crippen molar-refractivity contribution in [3.8, 4) is 11.5 Å². The van der Waals surface area contributed by atoms with Gasteiger partial charge < -0.3 is 10.1 Å². The minimum absolute atomic E-state index is 0.0171. The molecule has 0 spiro atoms. The van der Waals surface area contributed by atoms with E-state index in [1.807, 2.05) is 18.2 Å². The summed E-state index contributed by atoms with van der Waals surface area (Å²) in [6.45, 7) is 9.65. The summed E-state index contributed by atoms with van der Waals surface area (Å²) in [4.78, 5) is 11.2. The fourth-order valence-corrected chi connectivity index (χ4v) is 2.01. The molecule has 0 saturated carbocycles. The molecule has 1 N–H and O–H groups in total. The zero-order valence-corrected chi connectivity index (χ0v) is 13.5. The Balaban J connectivity index is 2.21. The molecule has 0 fully saturated rings. The van der Waals surface area contributed by atoms with Crippen LogP contribution in [0.2, 0.25) is 0 Å². The first-order valence-corrected chi connectivity index (χ1v) is 7.31. The van der Waals surface area contributed by atoms with Gasteiger partial charge in [0.25, 0.3) is 0 Å². The molecule has 0 radical (unpaired) electrons. The van der Waals surface area contributed by atoms with Gasteiger partial charge in [0.1, 0.15) is 5.75 Å². The number of halogens is 1. The van der Waals surface area contributed by atoms with E-state index in [9.17, 15) is 9.18 Å². The number of nitrogens with one attached hydrogen (secondary N) is 1. The summed E-state index contributed by atoms with van der Waals surface area (Å²) < 4.78 is 19.7. The maximum Gasteiger partial charge on any atom is 0.247 e. The van der Waals surface area contributed by atoms with Crippen molar-refractivity contribution >= 4 is 11.6 Å². The maximum absolute atomic E-state index is 14.1. The first-order chi connectivity index (χ1) is 10.8. The van der Waals surface area contributed by atoms with Crippen LogP contribution >= 0.6 is 0 Å². The molecular weight excluding hydrogens is 293 g/mol. The number of carbonyl (C=O) groups is 1. The summed E-state index contributed by atoms with van der Waals surface area (Å²) in [5.74, 6) is -0.268. The van der Waals surface area contributed by atoms with Gasteiger partial charge >= 0.3 is 0 Å². The van der Waals surface area contributed by atoms with Crippen molar-refractivity contribution in [1.29, 1.82) is 0 Å². The standard InChI is InChI=1S/C19H20FNO2/c1-5-18(22)21-14-9-10-17(16(20)12-14)23-15-8-6-7-13(11-15)19(2,3)4/h5-12H,1H2,2-4H3,(H,21,22). The molecule has 1 amide bonds. The van der Waals surface area contributed by atoms with Gasteiger partial charge in [-0.15, -0.1) is 0 Å². The average Bonchev–Trinajstić information content (AvgIpc) is 2.49. The number of amides is 1. The third-order valence-electron chi connectivity index (χ3n) is 3.31. The van der Waals surface area contributed by atoms with Crippen LogP contribution in [0.4, 0.5) is 10.1 Å². The first-order valence-electron chi connectivity index (χ1n) is 7.31. The molecule has 2 rings (SSSR count). The van der Waals surface area contributed by atoms with Crippen LogP contribution in [-0.4, -0.2) is 5.91 Å². The molecule has 2 aromatic carbocycles. The summed E-state index contributed by atoms with van der Waals surface area (Å²) in [5, 5.41) is 2.50.